The normalized spacial score (nSPS) is 11.1. The number of rotatable bonds is 9. The Kier molecular flexibility index (Phi) is 7.14. The smallest absolute Gasteiger partial charge is 0.276 e. The summed E-state index contributed by atoms with van der Waals surface area (Å²) in [6.07, 6.45) is 0. The highest BCUT2D eigenvalue weighted by atomic mass is 16.6. The lowest BCUT2D eigenvalue weighted by Gasteiger charge is -2.28. The lowest BCUT2D eigenvalue weighted by molar-refractivity contribution is 0.0365. The average Bonchev–Trinajstić information content (AvgIpc) is 2.44. The maximum atomic E-state index is 12.2. The minimum atomic E-state index is -0.333. The summed E-state index contributed by atoms with van der Waals surface area (Å²) in [7, 11) is 1.64. The molecule has 1 amide bonds. The van der Waals surface area contributed by atoms with Crippen molar-refractivity contribution in [3.8, 4) is 5.75 Å². The van der Waals surface area contributed by atoms with Gasteiger partial charge >= 0.3 is 0 Å². The summed E-state index contributed by atoms with van der Waals surface area (Å²) >= 11 is 0. The van der Waals surface area contributed by atoms with Crippen LogP contribution in [0.5, 0.6) is 5.75 Å². The van der Waals surface area contributed by atoms with Crippen LogP contribution in [0.25, 0.3) is 0 Å². The summed E-state index contributed by atoms with van der Waals surface area (Å²) in [5.41, 5.74) is 3.23. The second-order valence-corrected chi connectivity index (χ2v) is 5.45. The summed E-state index contributed by atoms with van der Waals surface area (Å²) in [6, 6.07) is 5.28. The van der Waals surface area contributed by atoms with E-state index in [0.29, 0.717) is 36.8 Å². The minimum absolute atomic E-state index is 0.305. The van der Waals surface area contributed by atoms with Gasteiger partial charge in [0.25, 0.3) is 5.91 Å². The predicted molar refractivity (Wildman–Crippen MR) is 86.3 cm³/mol. The first kappa shape index (κ1) is 18.3. The molecule has 0 aromatic heterocycles. The fourth-order valence-electron chi connectivity index (χ4n) is 2.04. The lowest BCUT2D eigenvalue weighted by atomic mass is 10.0. The van der Waals surface area contributed by atoms with Crippen molar-refractivity contribution in [3.63, 3.8) is 0 Å². The molecule has 0 fully saturated rings. The SMILES string of the molecule is CCONC(=O)c1ccc(OCC)cc1NC(C)(C)COC. The number of anilines is 1. The minimum Gasteiger partial charge on any atom is -0.494 e. The number of hydrogen-bond acceptors (Lipinski definition) is 5. The van der Waals surface area contributed by atoms with E-state index in [0.717, 1.165) is 0 Å². The van der Waals surface area contributed by atoms with Gasteiger partial charge in [-0.15, -0.1) is 0 Å². The Bertz CT molecular complexity index is 489. The molecule has 0 bridgehead atoms. The highest BCUT2D eigenvalue weighted by Gasteiger charge is 2.21. The summed E-state index contributed by atoms with van der Waals surface area (Å²) in [6.45, 7) is 9.17. The van der Waals surface area contributed by atoms with Gasteiger partial charge in [0, 0.05) is 13.2 Å². The van der Waals surface area contributed by atoms with Crippen molar-refractivity contribution >= 4 is 11.6 Å². The molecule has 6 heteroatoms. The molecule has 1 aromatic rings. The van der Waals surface area contributed by atoms with Crippen LogP contribution in [0.1, 0.15) is 38.1 Å². The molecule has 0 atom stereocenters. The van der Waals surface area contributed by atoms with Crippen LogP contribution >= 0.6 is 0 Å². The van der Waals surface area contributed by atoms with Gasteiger partial charge in [-0.3, -0.25) is 9.63 Å². The van der Waals surface area contributed by atoms with Gasteiger partial charge in [0.1, 0.15) is 5.75 Å². The molecule has 0 heterocycles. The molecule has 124 valence electrons. The Labute approximate surface area is 132 Å². The quantitative estimate of drug-likeness (QED) is 0.686. The number of hydroxylamine groups is 1. The van der Waals surface area contributed by atoms with Crippen LogP contribution in [0.15, 0.2) is 18.2 Å². The largest absolute Gasteiger partial charge is 0.494 e. The first-order chi connectivity index (χ1) is 10.4. The van der Waals surface area contributed by atoms with Gasteiger partial charge in [-0.2, -0.15) is 0 Å². The van der Waals surface area contributed by atoms with Crippen LogP contribution in [-0.4, -0.2) is 38.4 Å². The Morgan fingerprint density at radius 2 is 1.95 bits per heavy atom. The predicted octanol–water partition coefficient (Wildman–Crippen LogP) is 2.60. The Morgan fingerprint density at radius 3 is 2.55 bits per heavy atom. The van der Waals surface area contributed by atoms with E-state index in [9.17, 15) is 4.79 Å². The standard InChI is InChI=1S/C16H26N2O4/c1-6-21-12-8-9-13(15(19)18-22-7-2)14(10-12)17-16(3,4)11-20-5/h8-10,17H,6-7,11H2,1-5H3,(H,18,19). The molecule has 0 saturated heterocycles. The number of nitrogens with one attached hydrogen (secondary N) is 2. The monoisotopic (exact) mass is 310 g/mol. The van der Waals surface area contributed by atoms with Crippen LogP contribution in [0.2, 0.25) is 0 Å². The van der Waals surface area contributed by atoms with Crippen LogP contribution in [-0.2, 0) is 9.57 Å². The fourth-order valence-corrected chi connectivity index (χ4v) is 2.04. The third-order valence-corrected chi connectivity index (χ3v) is 2.83. The molecule has 0 aliphatic carbocycles. The van der Waals surface area contributed by atoms with E-state index in [1.54, 1.807) is 26.2 Å². The zero-order valence-corrected chi connectivity index (χ0v) is 14.0. The molecule has 1 aromatic carbocycles. The van der Waals surface area contributed by atoms with Gasteiger partial charge < -0.3 is 14.8 Å². The van der Waals surface area contributed by atoms with Gasteiger partial charge in [-0.25, -0.2) is 5.48 Å². The van der Waals surface area contributed by atoms with Crippen LogP contribution < -0.4 is 15.5 Å². The highest BCUT2D eigenvalue weighted by Crippen LogP contribution is 2.26. The van der Waals surface area contributed by atoms with Gasteiger partial charge in [-0.05, 0) is 39.8 Å². The molecular formula is C16H26N2O4. The van der Waals surface area contributed by atoms with E-state index in [1.165, 1.54) is 0 Å². The van der Waals surface area contributed by atoms with E-state index in [2.05, 4.69) is 10.8 Å². The molecule has 0 saturated carbocycles. The first-order valence-corrected chi connectivity index (χ1v) is 7.39. The summed E-state index contributed by atoms with van der Waals surface area (Å²) in [4.78, 5) is 17.2. The molecule has 0 aliphatic heterocycles. The van der Waals surface area contributed by atoms with Crippen molar-refractivity contribution in [1.29, 1.82) is 0 Å². The Balaban J connectivity index is 3.06. The van der Waals surface area contributed by atoms with Gasteiger partial charge in [0.05, 0.1) is 36.6 Å². The summed E-state index contributed by atoms with van der Waals surface area (Å²) in [5.74, 6) is 0.395. The molecule has 6 nitrogen and oxygen atoms in total. The number of hydrogen-bond donors (Lipinski definition) is 2. The van der Waals surface area contributed by atoms with Crippen LogP contribution in [0.3, 0.4) is 0 Å². The number of carbonyl (C=O) groups is 1. The maximum absolute atomic E-state index is 12.2. The molecular weight excluding hydrogens is 284 g/mol. The molecule has 0 spiro atoms. The topological polar surface area (TPSA) is 68.8 Å². The van der Waals surface area contributed by atoms with Crippen molar-refractivity contribution in [3.05, 3.63) is 23.8 Å². The molecule has 0 radical (unpaired) electrons. The van der Waals surface area contributed by atoms with E-state index < -0.39 is 0 Å². The third kappa shape index (κ3) is 5.54. The fraction of sp³-hybridized carbons (Fsp3) is 0.562. The summed E-state index contributed by atoms with van der Waals surface area (Å²) in [5, 5.41) is 3.32. The van der Waals surface area contributed by atoms with Crippen molar-refractivity contribution in [2.24, 2.45) is 0 Å². The number of methoxy groups -OCH3 is 1. The zero-order valence-electron chi connectivity index (χ0n) is 14.0. The zero-order chi connectivity index (χ0) is 16.6. The lowest BCUT2D eigenvalue weighted by Crippen LogP contribution is -2.37. The number of benzene rings is 1. The van der Waals surface area contributed by atoms with E-state index in [1.807, 2.05) is 26.8 Å². The number of ether oxygens (including phenoxy) is 2. The summed E-state index contributed by atoms with van der Waals surface area (Å²) < 4.78 is 10.7. The molecule has 0 aliphatic rings. The number of carbonyl (C=O) groups excluding carboxylic acids is 1. The van der Waals surface area contributed by atoms with Gasteiger partial charge in [0.2, 0.25) is 0 Å². The maximum Gasteiger partial charge on any atom is 0.276 e. The van der Waals surface area contributed by atoms with Crippen LogP contribution in [0, 0.1) is 0 Å². The van der Waals surface area contributed by atoms with Crippen LogP contribution in [0.4, 0.5) is 5.69 Å². The van der Waals surface area contributed by atoms with Crippen molar-refractivity contribution in [2.45, 2.75) is 33.2 Å². The van der Waals surface area contributed by atoms with Gasteiger partial charge in [-0.1, -0.05) is 0 Å². The van der Waals surface area contributed by atoms with Crippen molar-refractivity contribution < 1.29 is 19.1 Å². The van der Waals surface area contributed by atoms with Crippen molar-refractivity contribution in [1.82, 2.24) is 5.48 Å². The van der Waals surface area contributed by atoms with E-state index in [-0.39, 0.29) is 11.4 Å². The Hall–Kier alpha value is -1.79. The van der Waals surface area contributed by atoms with E-state index >= 15 is 0 Å². The average molecular weight is 310 g/mol. The van der Waals surface area contributed by atoms with Gasteiger partial charge in [0.15, 0.2) is 0 Å². The first-order valence-electron chi connectivity index (χ1n) is 7.39. The molecule has 1 rings (SSSR count). The van der Waals surface area contributed by atoms with Crippen molar-refractivity contribution in [2.75, 3.05) is 32.2 Å². The van der Waals surface area contributed by atoms with E-state index in [4.69, 9.17) is 14.3 Å². The molecule has 22 heavy (non-hydrogen) atoms. The number of amides is 1. The second-order valence-electron chi connectivity index (χ2n) is 5.45. The third-order valence-electron chi connectivity index (χ3n) is 2.83. The molecule has 0 unspecified atom stereocenters. The second kappa shape index (κ2) is 8.60. The molecule has 2 N–H and O–H groups in total. The highest BCUT2D eigenvalue weighted by molar-refractivity contribution is 5.99. The Morgan fingerprint density at radius 1 is 1.23 bits per heavy atom.